The minimum Gasteiger partial charge on any atom is -0.305 e. The van der Waals surface area contributed by atoms with Crippen molar-refractivity contribution >= 4 is 0 Å². The fraction of sp³-hybridized carbons (Fsp3) is 0.846. The first-order valence-corrected chi connectivity index (χ1v) is 6.30. The molecule has 1 aliphatic carbocycles. The summed E-state index contributed by atoms with van der Waals surface area (Å²) >= 11 is 0. The van der Waals surface area contributed by atoms with Crippen LogP contribution >= 0.6 is 0 Å². The molecule has 1 saturated carbocycles. The zero-order chi connectivity index (χ0) is 10.5. The van der Waals surface area contributed by atoms with Crippen molar-refractivity contribution in [1.29, 1.82) is 0 Å². The van der Waals surface area contributed by atoms with Gasteiger partial charge in [0.25, 0.3) is 0 Å². The average molecular weight is 206 g/mol. The van der Waals surface area contributed by atoms with E-state index in [1.54, 1.807) is 0 Å². The second kappa shape index (κ2) is 5.53. The van der Waals surface area contributed by atoms with E-state index < -0.39 is 0 Å². The predicted octanol–water partition coefficient (Wildman–Crippen LogP) is 1.47. The molecule has 0 amide bonds. The molecule has 84 valence electrons. The molecule has 0 spiro atoms. The Bertz CT molecular complexity index is 231. The third-order valence-corrected chi connectivity index (χ3v) is 3.91. The van der Waals surface area contributed by atoms with E-state index in [0.717, 1.165) is 18.5 Å². The monoisotopic (exact) mass is 206 g/mol. The van der Waals surface area contributed by atoms with Crippen LogP contribution in [0.5, 0.6) is 0 Å². The largest absolute Gasteiger partial charge is 0.305 e. The van der Waals surface area contributed by atoms with Crippen LogP contribution in [0.4, 0.5) is 0 Å². The maximum absolute atomic E-state index is 5.21. The molecule has 2 heteroatoms. The van der Waals surface area contributed by atoms with Gasteiger partial charge < -0.3 is 5.32 Å². The fourth-order valence-electron chi connectivity index (χ4n) is 3.22. The summed E-state index contributed by atoms with van der Waals surface area (Å²) in [5.74, 6) is 3.63. The normalized spacial score (nSPS) is 31.1. The van der Waals surface area contributed by atoms with Gasteiger partial charge >= 0.3 is 0 Å². The molecule has 0 aromatic rings. The number of fused-ring (bicyclic) bond motifs is 1. The van der Waals surface area contributed by atoms with Crippen molar-refractivity contribution in [3.63, 3.8) is 0 Å². The van der Waals surface area contributed by atoms with E-state index >= 15 is 0 Å². The molecule has 1 saturated heterocycles. The van der Waals surface area contributed by atoms with Gasteiger partial charge in [0.2, 0.25) is 0 Å². The van der Waals surface area contributed by atoms with E-state index in [0.29, 0.717) is 6.54 Å². The lowest BCUT2D eigenvalue weighted by Crippen LogP contribution is -2.45. The van der Waals surface area contributed by atoms with E-state index in [4.69, 9.17) is 6.42 Å². The molecular formula is C13H22N2. The van der Waals surface area contributed by atoms with Crippen molar-refractivity contribution in [2.75, 3.05) is 26.2 Å². The summed E-state index contributed by atoms with van der Waals surface area (Å²) in [6.07, 6.45) is 12.4. The first-order chi connectivity index (χ1) is 7.42. The minimum absolute atomic E-state index is 0.710. The van der Waals surface area contributed by atoms with Gasteiger partial charge in [-0.1, -0.05) is 12.3 Å². The summed E-state index contributed by atoms with van der Waals surface area (Å²) in [6.45, 7) is 4.25. The number of hydrogen-bond acceptors (Lipinski definition) is 2. The molecule has 2 nitrogen and oxygen atoms in total. The Balaban J connectivity index is 1.73. The molecule has 2 unspecified atom stereocenters. The Morgan fingerprint density at radius 3 is 3.00 bits per heavy atom. The first-order valence-electron chi connectivity index (χ1n) is 6.30. The lowest BCUT2D eigenvalue weighted by molar-refractivity contribution is 0.114. The maximum atomic E-state index is 5.21. The summed E-state index contributed by atoms with van der Waals surface area (Å²) in [6, 6.07) is 0.895. The molecule has 1 heterocycles. The molecule has 2 fully saturated rings. The summed E-state index contributed by atoms with van der Waals surface area (Å²) in [5.41, 5.74) is 0. The molecule has 15 heavy (non-hydrogen) atoms. The van der Waals surface area contributed by atoms with E-state index in [-0.39, 0.29) is 0 Å². The lowest BCUT2D eigenvalue weighted by atomic mass is 9.92. The second-order valence-corrected chi connectivity index (χ2v) is 4.82. The molecule has 1 N–H and O–H groups in total. The minimum atomic E-state index is 0.710. The number of hydrogen-bond donors (Lipinski definition) is 1. The van der Waals surface area contributed by atoms with Gasteiger partial charge in [-0.05, 0) is 38.1 Å². The van der Waals surface area contributed by atoms with Crippen molar-refractivity contribution in [2.45, 2.75) is 38.1 Å². The number of terminal acetylenes is 1. The highest BCUT2D eigenvalue weighted by Gasteiger charge is 2.34. The molecule has 1 aliphatic heterocycles. The van der Waals surface area contributed by atoms with Crippen LogP contribution in [0, 0.1) is 18.3 Å². The molecule has 2 atom stereocenters. The summed E-state index contributed by atoms with van der Waals surface area (Å²) in [4.78, 5) is 2.69. The summed E-state index contributed by atoms with van der Waals surface area (Å²) < 4.78 is 0. The molecule has 0 aromatic carbocycles. The van der Waals surface area contributed by atoms with Crippen LogP contribution in [0.1, 0.15) is 32.1 Å². The predicted molar refractivity (Wildman–Crippen MR) is 63.6 cm³/mol. The number of nitrogens with one attached hydrogen (secondary N) is 1. The van der Waals surface area contributed by atoms with E-state index in [1.165, 1.54) is 45.2 Å². The Labute approximate surface area is 93.4 Å². The highest BCUT2D eigenvalue weighted by molar-refractivity contribution is 4.90. The zero-order valence-corrected chi connectivity index (χ0v) is 9.54. The zero-order valence-electron chi connectivity index (χ0n) is 9.54. The Kier molecular flexibility index (Phi) is 4.05. The maximum Gasteiger partial charge on any atom is 0.0574 e. The first kappa shape index (κ1) is 11.0. The average Bonchev–Trinajstić information content (AvgIpc) is 2.73. The van der Waals surface area contributed by atoms with Gasteiger partial charge in [0.05, 0.1) is 6.54 Å². The third kappa shape index (κ3) is 2.74. The lowest BCUT2D eigenvalue weighted by Gasteiger charge is -2.37. The Morgan fingerprint density at radius 1 is 1.27 bits per heavy atom. The van der Waals surface area contributed by atoms with Crippen LogP contribution in [0.3, 0.4) is 0 Å². The van der Waals surface area contributed by atoms with Crippen molar-refractivity contribution in [2.24, 2.45) is 5.92 Å². The Hall–Kier alpha value is -0.520. The van der Waals surface area contributed by atoms with Crippen LogP contribution in [-0.4, -0.2) is 37.1 Å². The van der Waals surface area contributed by atoms with Gasteiger partial charge in [-0.2, -0.15) is 0 Å². The van der Waals surface area contributed by atoms with Crippen LogP contribution in [0.15, 0.2) is 0 Å². The van der Waals surface area contributed by atoms with Crippen LogP contribution in [0.2, 0.25) is 0 Å². The van der Waals surface area contributed by atoms with Gasteiger partial charge in [0, 0.05) is 19.1 Å². The molecule has 2 aliphatic rings. The number of nitrogens with zero attached hydrogens (tertiary/aromatic N) is 1. The molecule has 0 aromatic heterocycles. The molecule has 2 rings (SSSR count). The standard InChI is InChI=1S/C13H22N2/c1-2-8-14-9-11-15-10-4-6-12-5-3-7-13(12)15/h1,12-14H,3-11H2. The highest BCUT2D eigenvalue weighted by atomic mass is 15.2. The third-order valence-electron chi connectivity index (χ3n) is 3.91. The number of piperidine rings is 1. The molecule has 0 radical (unpaired) electrons. The van der Waals surface area contributed by atoms with Crippen LogP contribution < -0.4 is 5.32 Å². The number of likely N-dealkylation sites (tertiary alicyclic amines) is 1. The van der Waals surface area contributed by atoms with Crippen LogP contribution in [-0.2, 0) is 0 Å². The van der Waals surface area contributed by atoms with E-state index in [1.807, 2.05) is 0 Å². The van der Waals surface area contributed by atoms with Gasteiger partial charge in [-0.25, -0.2) is 0 Å². The van der Waals surface area contributed by atoms with Crippen molar-refractivity contribution in [3.8, 4) is 12.3 Å². The van der Waals surface area contributed by atoms with Crippen molar-refractivity contribution in [1.82, 2.24) is 10.2 Å². The van der Waals surface area contributed by atoms with E-state index in [9.17, 15) is 0 Å². The van der Waals surface area contributed by atoms with Gasteiger partial charge in [-0.3, -0.25) is 4.90 Å². The van der Waals surface area contributed by atoms with Crippen molar-refractivity contribution < 1.29 is 0 Å². The molecular weight excluding hydrogens is 184 g/mol. The topological polar surface area (TPSA) is 15.3 Å². The summed E-state index contributed by atoms with van der Waals surface area (Å²) in [5, 5.41) is 3.28. The SMILES string of the molecule is C#CCNCCN1CCCC2CCCC21. The molecule has 0 bridgehead atoms. The van der Waals surface area contributed by atoms with Crippen LogP contribution in [0.25, 0.3) is 0 Å². The van der Waals surface area contributed by atoms with Gasteiger partial charge in [-0.15, -0.1) is 6.42 Å². The number of rotatable bonds is 4. The van der Waals surface area contributed by atoms with Gasteiger partial charge in [0.15, 0.2) is 0 Å². The summed E-state index contributed by atoms with van der Waals surface area (Å²) in [7, 11) is 0. The van der Waals surface area contributed by atoms with Crippen molar-refractivity contribution in [3.05, 3.63) is 0 Å². The fourth-order valence-corrected chi connectivity index (χ4v) is 3.22. The highest BCUT2D eigenvalue weighted by Crippen LogP contribution is 2.36. The van der Waals surface area contributed by atoms with E-state index in [2.05, 4.69) is 16.1 Å². The Morgan fingerprint density at radius 2 is 2.13 bits per heavy atom. The smallest absolute Gasteiger partial charge is 0.0574 e. The quantitative estimate of drug-likeness (QED) is 0.553. The van der Waals surface area contributed by atoms with Gasteiger partial charge in [0.1, 0.15) is 0 Å². The second-order valence-electron chi connectivity index (χ2n) is 4.82.